The zero-order valence-corrected chi connectivity index (χ0v) is 13.8. The monoisotopic (exact) mass is 318 g/mol. The first kappa shape index (κ1) is 18.4. The van der Waals surface area contributed by atoms with E-state index in [-0.39, 0.29) is 23.7 Å². The first-order valence-corrected chi connectivity index (χ1v) is 7.17. The number of hydrogen-bond donors (Lipinski definition) is 1. The van der Waals surface area contributed by atoms with E-state index < -0.39 is 5.97 Å². The molecule has 1 rings (SSSR count). The molecule has 0 bridgehead atoms. The molecule has 1 N–H and O–H groups in total. The Labute approximate surface area is 135 Å². The van der Waals surface area contributed by atoms with Gasteiger partial charge in [0.1, 0.15) is 0 Å². The number of Topliss-reactive ketones (excluding diaryl/α,β-unsaturated/α-hetero) is 1. The van der Waals surface area contributed by atoms with Crippen LogP contribution in [0.3, 0.4) is 0 Å². The second-order valence-corrected chi connectivity index (χ2v) is 5.08. The molecule has 0 saturated carbocycles. The van der Waals surface area contributed by atoms with Crippen molar-refractivity contribution in [1.82, 2.24) is 9.88 Å². The third-order valence-electron chi connectivity index (χ3n) is 3.45. The van der Waals surface area contributed by atoms with E-state index in [4.69, 9.17) is 4.74 Å². The zero-order valence-electron chi connectivity index (χ0n) is 13.8. The fourth-order valence-corrected chi connectivity index (χ4v) is 2.37. The molecule has 0 atom stereocenters. The van der Waals surface area contributed by atoms with Crippen molar-refractivity contribution in [2.75, 3.05) is 20.2 Å². The van der Waals surface area contributed by atoms with Gasteiger partial charge < -0.3 is 14.6 Å². The molecule has 1 heterocycles. The quantitative estimate of drug-likeness (QED) is 0.452. The highest BCUT2D eigenvalue weighted by molar-refractivity contribution is 6.01. The summed E-state index contributed by atoms with van der Waals surface area (Å²) in [6.07, 6.45) is 3.19. The summed E-state index contributed by atoms with van der Waals surface area (Å²) < 4.78 is 4.76. The molecule has 0 aliphatic rings. The lowest BCUT2D eigenvalue weighted by atomic mass is 10.1. The van der Waals surface area contributed by atoms with E-state index in [1.54, 1.807) is 24.0 Å². The molecule has 0 aliphatic heterocycles. The van der Waals surface area contributed by atoms with Crippen LogP contribution >= 0.6 is 0 Å². The van der Waals surface area contributed by atoms with Crippen LogP contribution in [-0.2, 0) is 16.0 Å². The number of carbonyl (C=O) groups is 3. The molecule has 0 fully saturated rings. The third kappa shape index (κ3) is 4.18. The van der Waals surface area contributed by atoms with Gasteiger partial charge in [-0.15, -0.1) is 13.2 Å². The number of nitrogens with zero attached hydrogens (tertiary/aromatic N) is 1. The SMILES string of the molecule is C=CCN(CC=C)C(=O)Cc1[nH]c(C(C)=O)c(C)c1C(=O)OC. The van der Waals surface area contributed by atoms with Crippen molar-refractivity contribution in [2.24, 2.45) is 0 Å². The highest BCUT2D eigenvalue weighted by Gasteiger charge is 2.25. The van der Waals surface area contributed by atoms with Crippen LogP contribution in [0.1, 0.15) is 39.0 Å². The number of nitrogens with one attached hydrogen (secondary N) is 1. The van der Waals surface area contributed by atoms with Gasteiger partial charge in [0.25, 0.3) is 0 Å². The lowest BCUT2D eigenvalue weighted by Gasteiger charge is -2.19. The molecule has 6 heteroatoms. The van der Waals surface area contributed by atoms with Crippen molar-refractivity contribution in [1.29, 1.82) is 0 Å². The Kier molecular flexibility index (Phi) is 6.50. The van der Waals surface area contributed by atoms with Crippen molar-refractivity contribution in [3.63, 3.8) is 0 Å². The number of H-pyrrole nitrogens is 1. The minimum atomic E-state index is -0.576. The van der Waals surface area contributed by atoms with Crippen molar-refractivity contribution in [2.45, 2.75) is 20.3 Å². The topological polar surface area (TPSA) is 79.5 Å². The first-order chi connectivity index (χ1) is 10.9. The highest BCUT2D eigenvalue weighted by Crippen LogP contribution is 2.21. The van der Waals surface area contributed by atoms with Crippen LogP contribution in [0.5, 0.6) is 0 Å². The van der Waals surface area contributed by atoms with Crippen LogP contribution in [0, 0.1) is 6.92 Å². The maximum Gasteiger partial charge on any atom is 0.339 e. The Morgan fingerprint density at radius 1 is 1.22 bits per heavy atom. The number of ketones is 1. The predicted molar refractivity (Wildman–Crippen MR) is 87.6 cm³/mol. The summed E-state index contributed by atoms with van der Waals surface area (Å²) in [4.78, 5) is 40.5. The van der Waals surface area contributed by atoms with E-state index in [1.807, 2.05) is 0 Å². The summed E-state index contributed by atoms with van der Waals surface area (Å²) in [6.45, 7) is 11.0. The smallest absolute Gasteiger partial charge is 0.339 e. The number of hydrogen-bond acceptors (Lipinski definition) is 4. The highest BCUT2D eigenvalue weighted by atomic mass is 16.5. The van der Waals surface area contributed by atoms with Gasteiger partial charge in [0.15, 0.2) is 5.78 Å². The van der Waals surface area contributed by atoms with E-state index in [2.05, 4.69) is 18.1 Å². The molecule has 1 aromatic heterocycles. The summed E-state index contributed by atoms with van der Waals surface area (Å²) in [5.74, 6) is -0.986. The first-order valence-electron chi connectivity index (χ1n) is 7.17. The molecule has 0 saturated heterocycles. The molecule has 6 nitrogen and oxygen atoms in total. The van der Waals surface area contributed by atoms with E-state index in [1.165, 1.54) is 14.0 Å². The van der Waals surface area contributed by atoms with Crippen LogP contribution in [0.4, 0.5) is 0 Å². The maximum atomic E-state index is 12.4. The number of aromatic amines is 1. The Morgan fingerprint density at radius 3 is 2.22 bits per heavy atom. The van der Waals surface area contributed by atoms with Crippen molar-refractivity contribution >= 4 is 17.7 Å². The molecular weight excluding hydrogens is 296 g/mol. The van der Waals surface area contributed by atoms with Gasteiger partial charge in [0, 0.05) is 25.7 Å². The molecule has 0 radical (unpaired) electrons. The molecular formula is C17H22N2O4. The number of amides is 1. The van der Waals surface area contributed by atoms with E-state index in [0.717, 1.165) is 0 Å². The minimum Gasteiger partial charge on any atom is -0.465 e. The fourth-order valence-electron chi connectivity index (χ4n) is 2.37. The van der Waals surface area contributed by atoms with Gasteiger partial charge in [-0.2, -0.15) is 0 Å². The molecule has 124 valence electrons. The second-order valence-electron chi connectivity index (χ2n) is 5.08. The Hall–Kier alpha value is -2.63. The average molecular weight is 318 g/mol. The normalized spacial score (nSPS) is 10.0. The van der Waals surface area contributed by atoms with Crippen LogP contribution in [-0.4, -0.2) is 47.7 Å². The fraction of sp³-hybridized carbons (Fsp3) is 0.353. The summed E-state index contributed by atoms with van der Waals surface area (Å²) in [7, 11) is 1.26. The van der Waals surface area contributed by atoms with Crippen LogP contribution in [0.2, 0.25) is 0 Å². The number of aromatic nitrogens is 1. The molecule has 0 unspecified atom stereocenters. The van der Waals surface area contributed by atoms with Gasteiger partial charge in [-0.3, -0.25) is 9.59 Å². The maximum absolute atomic E-state index is 12.4. The lowest BCUT2D eigenvalue weighted by molar-refractivity contribution is -0.129. The third-order valence-corrected chi connectivity index (χ3v) is 3.45. The van der Waals surface area contributed by atoms with E-state index in [0.29, 0.717) is 30.0 Å². The van der Waals surface area contributed by atoms with Gasteiger partial charge in [-0.1, -0.05) is 12.2 Å². The number of esters is 1. The lowest BCUT2D eigenvalue weighted by Crippen LogP contribution is -2.33. The van der Waals surface area contributed by atoms with Crippen LogP contribution < -0.4 is 0 Å². The van der Waals surface area contributed by atoms with Gasteiger partial charge in [-0.25, -0.2) is 4.79 Å². The number of rotatable bonds is 8. The molecule has 0 aromatic carbocycles. The molecule has 0 spiro atoms. The van der Waals surface area contributed by atoms with Crippen LogP contribution in [0.15, 0.2) is 25.3 Å². The van der Waals surface area contributed by atoms with Gasteiger partial charge in [0.05, 0.1) is 24.8 Å². The largest absolute Gasteiger partial charge is 0.465 e. The number of ether oxygens (including phenoxy) is 1. The van der Waals surface area contributed by atoms with Crippen molar-refractivity contribution in [3.05, 3.63) is 47.8 Å². The van der Waals surface area contributed by atoms with E-state index >= 15 is 0 Å². The summed E-state index contributed by atoms with van der Waals surface area (Å²) >= 11 is 0. The Bertz CT molecular complexity index is 633. The zero-order chi connectivity index (χ0) is 17.6. The average Bonchev–Trinajstić information content (AvgIpc) is 2.83. The Balaban J connectivity index is 3.20. The second kappa shape index (κ2) is 8.12. The summed E-state index contributed by atoms with van der Waals surface area (Å²) in [6, 6.07) is 0. The van der Waals surface area contributed by atoms with Gasteiger partial charge in [-0.05, 0) is 12.5 Å². The minimum absolute atomic E-state index is 0.0414. The van der Waals surface area contributed by atoms with Gasteiger partial charge >= 0.3 is 5.97 Å². The standard InChI is InChI=1S/C17H22N2O4/c1-6-8-19(9-7-2)14(21)10-13-15(17(22)23-5)11(3)16(18-13)12(4)20/h6-7,18H,1-2,8-10H2,3-5H3. The molecule has 1 aromatic rings. The van der Waals surface area contributed by atoms with E-state index in [9.17, 15) is 14.4 Å². The van der Waals surface area contributed by atoms with Gasteiger partial charge in [0.2, 0.25) is 5.91 Å². The molecule has 23 heavy (non-hydrogen) atoms. The number of methoxy groups -OCH3 is 1. The summed E-state index contributed by atoms with van der Waals surface area (Å²) in [5.41, 5.74) is 1.42. The van der Waals surface area contributed by atoms with Crippen molar-refractivity contribution in [3.8, 4) is 0 Å². The molecule has 1 amide bonds. The van der Waals surface area contributed by atoms with Crippen molar-refractivity contribution < 1.29 is 19.1 Å². The molecule has 0 aliphatic carbocycles. The predicted octanol–water partition coefficient (Wildman–Crippen LogP) is 2.06. The summed E-state index contributed by atoms with van der Waals surface area (Å²) in [5, 5.41) is 0. The van der Waals surface area contributed by atoms with Crippen LogP contribution in [0.25, 0.3) is 0 Å². The number of carbonyl (C=O) groups excluding carboxylic acids is 3. The Morgan fingerprint density at radius 2 is 1.78 bits per heavy atom.